The molecule has 0 spiro atoms. The van der Waals surface area contributed by atoms with Gasteiger partial charge in [-0.25, -0.2) is 0 Å². The van der Waals surface area contributed by atoms with E-state index in [2.05, 4.69) is 15.5 Å². The molecule has 0 aromatic carbocycles. The molecule has 1 aliphatic heterocycles. The van der Waals surface area contributed by atoms with Crippen molar-refractivity contribution in [1.82, 2.24) is 15.5 Å². The first-order chi connectivity index (χ1) is 9.74. The number of thiophene rings is 1. The Morgan fingerprint density at radius 2 is 2.25 bits per heavy atom. The summed E-state index contributed by atoms with van der Waals surface area (Å²) in [6.45, 7) is 6.24. The lowest BCUT2D eigenvalue weighted by Crippen LogP contribution is -2.44. The molecule has 1 fully saturated rings. The van der Waals surface area contributed by atoms with Crippen LogP contribution in [0.15, 0.2) is 11.4 Å². The van der Waals surface area contributed by atoms with Crippen molar-refractivity contribution >= 4 is 28.8 Å². The van der Waals surface area contributed by atoms with Crippen LogP contribution < -0.4 is 10.6 Å². The standard InChI is InChI=1S/C14H22ClN3OS/c15-12-10-13(20-11-12)2-3-14(19)17-4-1-7-18-8-5-16-6-9-18/h10-11,16H,1-9H2,(H,17,19). The summed E-state index contributed by atoms with van der Waals surface area (Å²) in [6, 6.07) is 1.93. The normalized spacial score (nSPS) is 16.2. The number of hydrogen-bond donors (Lipinski definition) is 2. The molecule has 2 N–H and O–H groups in total. The molecule has 2 rings (SSSR count). The van der Waals surface area contributed by atoms with E-state index < -0.39 is 0 Å². The van der Waals surface area contributed by atoms with Crippen molar-refractivity contribution in [2.45, 2.75) is 19.3 Å². The summed E-state index contributed by atoms with van der Waals surface area (Å²) in [4.78, 5) is 15.3. The first-order valence-electron chi connectivity index (χ1n) is 7.17. The van der Waals surface area contributed by atoms with Gasteiger partial charge in [0.2, 0.25) is 5.91 Å². The van der Waals surface area contributed by atoms with Crippen LogP contribution in [-0.4, -0.2) is 50.1 Å². The number of nitrogens with one attached hydrogen (secondary N) is 2. The topological polar surface area (TPSA) is 44.4 Å². The van der Waals surface area contributed by atoms with Crippen LogP contribution in [0.4, 0.5) is 0 Å². The second-order valence-corrected chi connectivity index (χ2v) is 6.46. The minimum atomic E-state index is 0.134. The number of carbonyl (C=O) groups excluding carboxylic acids is 1. The number of rotatable bonds is 7. The van der Waals surface area contributed by atoms with Crippen LogP contribution in [-0.2, 0) is 11.2 Å². The van der Waals surface area contributed by atoms with Gasteiger partial charge in [-0.2, -0.15) is 0 Å². The fourth-order valence-corrected chi connectivity index (χ4v) is 3.35. The molecular formula is C14H22ClN3OS. The third-order valence-corrected chi connectivity index (χ3v) is 4.75. The fraction of sp³-hybridized carbons (Fsp3) is 0.643. The number of piperazine rings is 1. The third-order valence-electron chi connectivity index (χ3n) is 3.40. The summed E-state index contributed by atoms with van der Waals surface area (Å²) >= 11 is 7.47. The van der Waals surface area contributed by atoms with Gasteiger partial charge in [-0.15, -0.1) is 11.3 Å². The smallest absolute Gasteiger partial charge is 0.220 e. The Morgan fingerprint density at radius 3 is 2.95 bits per heavy atom. The number of halogens is 1. The minimum absolute atomic E-state index is 0.134. The molecule has 112 valence electrons. The van der Waals surface area contributed by atoms with Crippen molar-refractivity contribution in [2.24, 2.45) is 0 Å². The molecule has 0 radical (unpaired) electrons. The van der Waals surface area contributed by atoms with E-state index >= 15 is 0 Å². The third kappa shape index (κ3) is 5.79. The highest BCUT2D eigenvalue weighted by atomic mass is 35.5. The first-order valence-corrected chi connectivity index (χ1v) is 8.42. The molecule has 1 aromatic rings. The van der Waals surface area contributed by atoms with Crippen molar-refractivity contribution in [3.05, 3.63) is 21.3 Å². The maximum Gasteiger partial charge on any atom is 0.220 e. The van der Waals surface area contributed by atoms with Crippen LogP contribution in [0, 0.1) is 0 Å². The molecule has 2 heterocycles. The number of nitrogens with zero attached hydrogens (tertiary/aromatic N) is 1. The maximum absolute atomic E-state index is 11.7. The van der Waals surface area contributed by atoms with Crippen molar-refractivity contribution in [3.63, 3.8) is 0 Å². The molecule has 0 atom stereocenters. The van der Waals surface area contributed by atoms with Crippen LogP contribution in [0.2, 0.25) is 5.02 Å². The Morgan fingerprint density at radius 1 is 1.45 bits per heavy atom. The summed E-state index contributed by atoms with van der Waals surface area (Å²) in [5.74, 6) is 0.134. The van der Waals surface area contributed by atoms with Gasteiger partial charge in [0.05, 0.1) is 5.02 Å². The molecule has 1 amide bonds. The molecule has 20 heavy (non-hydrogen) atoms. The molecule has 1 aromatic heterocycles. The Hall–Kier alpha value is -0.620. The molecular weight excluding hydrogens is 294 g/mol. The molecule has 0 unspecified atom stereocenters. The van der Waals surface area contributed by atoms with Crippen molar-refractivity contribution in [2.75, 3.05) is 39.3 Å². The zero-order valence-electron chi connectivity index (χ0n) is 11.7. The number of aryl methyl sites for hydroxylation is 1. The number of hydrogen-bond acceptors (Lipinski definition) is 4. The van der Waals surface area contributed by atoms with E-state index in [0.29, 0.717) is 6.42 Å². The molecule has 0 saturated carbocycles. The lowest BCUT2D eigenvalue weighted by Gasteiger charge is -2.27. The van der Waals surface area contributed by atoms with E-state index in [9.17, 15) is 4.79 Å². The summed E-state index contributed by atoms with van der Waals surface area (Å²) in [5.41, 5.74) is 0. The van der Waals surface area contributed by atoms with Gasteiger partial charge in [0.25, 0.3) is 0 Å². The van der Waals surface area contributed by atoms with Crippen molar-refractivity contribution in [1.29, 1.82) is 0 Å². The molecule has 0 bridgehead atoms. The van der Waals surface area contributed by atoms with Crippen LogP contribution >= 0.6 is 22.9 Å². The first kappa shape index (κ1) is 15.8. The quantitative estimate of drug-likeness (QED) is 0.753. The SMILES string of the molecule is O=C(CCc1cc(Cl)cs1)NCCCN1CCNCC1. The highest BCUT2D eigenvalue weighted by Gasteiger charge is 2.09. The van der Waals surface area contributed by atoms with E-state index in [4.69, 9.17) is 11.6 Å². The van der Waals surface area contributed by atoms with Gasteiger partial charge in [0, 0.05) is 49.4 Å². The fourth-order valence-electron chi connectivity index (χ4n) is 2.28. The summed E-state index contributed by atoms with van der Waals surface area (Å²) in [6.07, 6.45) is 2.35. The Labute approximate surface area is 129 Å². The van der Waals surface area contributed by atoms with Crippen LogP contribution in [0.3, 0.4) is 0 Å². The predicted molar refractivity (Wildman–Crippen MR) is 84.6 cm³/mol. The van der Waals surface area contributed by atoms with E-state index in [0.717, 1.165) is 57.1 Å². The van der Waals surface area contributed by atoms with Gasteiger partial charge in [-0.05, 0) is 25.5 Å². The maximum atomic E-state index is 11.7. The van der Waals surface area contributed by atoms with Gasteiger partial charge in [-0.1, -0.05) is 11.6 Å². The van der Waals surface area contributed by atoms with E-state index in [1.807, 2.05) is 11.4 Å². The number of carbonyl (C=O) groups is 1. The second-order valence-electron chi connectivity index (χ2n) is 5.03. The Balaban J connectivity index is 1.51. The van der Waals surface area contributed by atoms with Gasteiger partial charge >= 0.3 is 0 Å². The number of amides is 1. The average Bonchev–Trinajstić information content (AvgIpc) is 2.88. The van der Waals surface area contributed by atoms with Gasteiger partial charge in [-0.3, -0.25) is 4.79 Å². The van der Waals surface area contributed by atoms with Crippen LogP contribution in [0.5, 0.6) is 0 Å². The summed E-state index contributed by atoms with van der Waals surface area (Å²) in [7, 11) is 0. The van der Waals surface area contributed by atoms with E-state index in [1.165, 1.54) is 4.88 Å². The molecule has 0 aliphatic carbocycles. The summed E-state index contributed by atoms with van der Waals surface area (Å²) < 4.78 is 0. The van der Waals surface area contributed by atoms with E-state index in [-0.39, 0.29) is 5.91 Å². The molecule has 1 aliphatic rings. The van der Waals surface area contributed by atoms with Gasteiger partial charge in [0.15, 0.2) is 0 Å². The van der Waals surface area contributed by atoms with Gasteiger partial charge in [0.1, 0.15) is 0 Å². The Kier molecular flexibility index (Phi) is 6.79. The van der Waals surface area contributed by atoms with E-state index in [1.54, 1.807) is 11.3 Å². The largest absolute Gasteiger partial charge is 0.356 e. The zero-order valence-corrected chi connectivity index (χ0v) is 13.2. The highest BCUT2D eigenvalue weighted by Crippen LogP contribution is 2.20. The molecule has 4 nitrogen and oxygen atoms in total. The summed E-state index contributed by atoms with van der Waals surface area (Å²) in [5, 5.41) is 9.00. The predicted octanol–water partition coefficient (Wildman–Crippen LogP) is 1.75. The van der Waals surface area contributed by atoms with Crippen LogP contribution in [0.1, 0.15) is 17.7 Å². The monoisotopic (exact) mass is 315 g/mol. The molecule has 1 saturated heterocycles. The van der Waals surface area contributed by atoms with Gasteiger partial charge < -0.3 is 15.5 Å². The highest BCUT2D eigenvalue weighted by molar-refractivity contribution is 7.10. The molecule has 6 heteroatoms. The lowest BCUT2D eigenvalue weighted by atomic mass is 10.2. The minimum Gasteiger partial charge on any atom is -0.356 e. The Bertz CT molecular complexity index is 418. The van der Waals surface area contributed by atoms with Crippen LogP contribution in [0.25, 0.3) is 0 Å². The second kappa shape index (κ2) is 8.62. The average molecular weight is 316 g/mol. The van der Waals surface area contributed by atoms with Crippen molar-refractivity contribution < 1.29 is 4.79 Å². The van der Waals surface area contributed by atoms with Crippen molar-refractivity contribution in [3.8, 4) is 0 Å². The lowest BCUT2D eigenvalue weighted by molar-refractivity contribution is -0.121. The zero-order chi connectivity index (χ0) is 14.2.